The zero-order valence-corrected chi connectivity index (χ0v) is 28.0. The van der Waals surface area contributed by atoms with Crippen molar-refractivity contribution >= 4 is 34.6 Å². The van der Waals surface area contributed by atoms with Gasteiger partial charge in [-0.15, -0.1) is 9.36 Å². The molecular weight excluding hydrogens is 652 g/mol. The van der Waals surface area contributed by atoms with Crippen molar-refractivity contribution in [2.24, 2.45) is 48.6 Å². The summed E-state index contributed by atoms with van der Waals surface area (Å²) in [4.78, 5) is 4.58. The van der Waals surface area contributed by atoms with Gasteiger partial charge in [-0.25, -0.2) is 9.13 Å². The molecule has 0 fully saturated rings. The molecule has 2 aromatic heterocycles. The number of hydrogen-bond acceptors (Lipinski definition) is 8. The molecule has 0 saturated carbocycles. The summed E-state index contributed by atoms with van der Waals surface area (Å²) in [5, 5.41) is 25.8. The summed E-state index contributed by atoms with van der Waals surface area (Å²) in [6.07, 6.45) is 4.44. The molecule has 12 nitrogen and oxygen atoms in total. The third kappa shape index (κ3) is 8.26. The molecule has 2 aromatic carbocycles. The summed E-state index contributed by atoms with van der Waals surface area (Å²) in [6.45, 7) is 6.09. The predicted molar refractivity (Wildman–Crippen MR) is 151 cm³/mol. The predicted octanol–water partition coefficient (Wildman–Crippen LogP) is -1.78. The van der Waals surface area contributed by atoms with Crippen molar-refractivity contribution in [3.05, 3.63) is 60.2 Å². The van der Waals surface area contributed by atoms with Crippen molar-refractivity contribution in [3.8, 4) is 0 Å². The van der Waals surface area contributed by atoms with E-state index in [4.69, 9.17) is 0 Å². The van der Waals surface area contributed by atoms with Gasteiger partial charge < -0.3 is 43.8 Å². The van der Waals surface area contributed by atoms with Crippen LogP contribution in [-0.2, 0) is 28.2 Å². The molecule has 41 heavy (non-hydrogen) atoms. The molecule has 0 spiro atoms. The zero-order valence-electron chi connectivity index (χ0n) is 24.9. The number of anilines is 2. The molecule has 0 atom stereocenters. The van der Waals surface area contributed by atoms with Crippen LogP contribution in [0.3, 0.4) is 0 Å². The van der Waals surface area contributed by atoms with Crippen LogP contribution in [0, 0.1) is 13.8 Å². The Morgan fingerprint density at radius 2 is 1.07 bits per heavy atom. The summed E-state index contributed by atoms with van der Waals surface area (Å²) < 4.78 is 7.06. The van der Waals surface area contributed by atoms with E-state index in [1.807, 2.05) is 49.5 Å². The van der Waals surface area contributed by atoms with Gasteiger partial charge in [-0.3, -0.25) is 0 Å². The normalized spacial score (nSPS) is 11.1. The molecule has 220 valence electrons. The lowest BCUT2D eigenvalue weighted by Gasteiger charge is -2.25. The lowest BCUT2D eigenvalue weighted by atomic mass is 10.1. The molecule has 0 bridgehead atoms. The molecule has 0 aliphatic heterocycles. The lowest BCUT2D eigenvalue weighted by molar-refractivity contribution is -0.659. The van der Waals surface area contributed by atoms with E-state index in [-0.39, 0.29) is 34.0 Å². The highest BCUT2D eigenvalue weighted by molar-refractivity contribution is 5.59. The number of aromatic nitrogens is 6. The van der Waals surface area contributed by atoms with Gasteiger partial charge in [0.2, 0.25) is 12.7 Å². The van der Waals surface area contributed by atoms with E-state index < -0.39 is 0 Å². The van der Waals surface area contributed by atoms with Gasteiger partial charge in [0.1, 0.15) is 0 Å². The molecule has 0 amide bonds. The van der Waals surface area contributed by atoms with Crippen molar-refractivity contribution in [1.82, 2.24) is 19.6 Å². The van der Waals surface area contributed by atoms with Gasteiger partial charge in [-0.05, 0) is 78.0 Å². The molecule has 0 N–H and O–H groups in total. The fraction of sp³-hybridized carbons (Fsp3) is 0.407. The number of aryl methyl sites for hydroxylation is 6. The molecule has 0 radical (unpaired) electrons. The first-order chi connectivity index (χ1) is 18.6. The van der Waals surface area contributed by atoms with Gasteiger partial charge in [-0.1, -0.05) is 10.2 Å². The third-order valence-corrected chi connectivity index (χ3v) is 6.69. The summed E-state index contributed by atoms with van der Waals surface area (Å²) in [6, 6.07) is 12.4. The molecule has 0 unspecified atom stereocenters. The Morgan fingerprint density at radius 3 is 1.39 bits per heavy atom. The van der Waals surface area contributed by atoms with Crippen molar-refractivity contribution < 1.29 is 43.1 Å². The minimum Gasteiger partial charge on any atom is -1.00 e. The second-order valence-corrected chi connectivity index (χ2v) is 9.87. The Kier molecular flexibility index (Phi) is 12.3. The van der Waals surface area contributed by atoms with Gasteiger partial charge in [0.25, 0.3) is 0 Å². The highest BCUT2D eigenvalue weighted by Crippen LogP contribution is 2.27. The minimum absolute atomic E-state index is 0. The van der Waals surface area contributed by atoms with Crippen molar-refractivity contribution in [3.63, 3.8) is 0 Å². The summed E-state index contributed by atoms with van der Waals surface area (Å²) >= 11 is 0. The second kappa shape index (κ2) is 14.9. The topological polar surface area (TPSA) is 99.3 Å². The van der Waals surface area contributed by atoms with Crippen LogP contribution in [0.1, 0.15) is 17.5 Å². The average molecular weight is 690 g/mol. The first kappa shape index (κ1) is 33.7. The number of benzene rings is 2. The van der Waals surface area contributed by atoms with Crippen LogP contribution < -0.4 is 52.9 Å². The standard InChI is InChI=1S/C27H38N12.2BrH/c1-20-16-22(30-32-26-36(5)18-28-38(26)7)10-12-24(20)34(3)14-9-15-35(4)25-13-11-23(17-21(25)2)31-33-27-37(6)19-29-39(27)8;;/h10-13,16-19H,9,14-15H2,1-8H3;2*1H/q+2;;/p-2. The Morgan fingerprint density at radius 1 is 0.683 bits per heavy atom. The Balaban J connectivity index is 0.00000294. The Bertz CT molecular complexity index is 1360. The highest BCUT2D eigenvalue weighted by Gasteiger charge is 2.14. The number of nitrogens with zero attached hydrogens (tertiary/aromatic N) is 12. The third-order valence-electron chi connectivity index (χ3n) is 6.69. The van der Waals surface area contributed by atoms with Crippen LogP contribution in [0.2, 0.25) is 0 Å². The summed E-state index contributed by atoms with van der Waals surface area (Å²) in [7, 11) is 11.8. The molecular formula is C27H38Br2N12. The van der Waals surface area contributed by atoms with Crippen molar-refractivity contribution in [1.29, 1.82) is 0 Å². The van der Waals surface area contributed by atoms with E-state index in [0.29, 0.717) is 11.9 Å². The largest absolute Gasteiger partial charge is 1.00 e. The van der Waals surface area contributed by atoms with Gasteiger partial charge >= 0.3 is 11.9 Å². The minimum atomic E-state index is 0. The second-order valence-electron chi connectivity index (χ2n) is 9.87. The maximum Gasteiger partial charge on any atom is 0.403 e. The molecule has 14 heteroatoms. The summed E-state index contributed by atoms with van der Waals surface area (Å²) in [5.74, 6) is 1.37. The number of halogens is 2. The van der Waals surface area contributed by atoms with Gasteiger partial charge in [-0.2, -0.15) is 0 Å². The van der Waals surface area contributed by atoms with Gasteiger partial charge in [0.15, 0.2) is 0 Å². The first-order valence-electron chi connectivity index (χ1n) is 12.9. The first-order valence-corrected chi connectivity index (χ1v) is 12.9. The van der Waals surface area contributed by atoms with E-state index in [1.165, 1.54) is 11.4 Å². The van der Waals surface area contributed by atoms with Gasteiger partial charge in [0, 0.05) is 48.8 Å². The van der Waals surface area contributed by atoms with E-state index in [9.17, 15) is 0 Å². The van der Waals surface area contributed by atoms with Crippen LogP contribution in [0.5, 0.6) is 0 Å². The monoisotopic (exact) mass is 688 g/mol. The highest BCUT2D eigenvalue weighted by atomic mass is 79.9. The fourth-order valence-electron chi connectivity index (χ4n) is 4.49. The maximum absolute atomic E-state index is 4.40. The number of hydrogen-bond donors (Lipinski definition) is 0. The Hall–Kier alpha value is -3.52. The molecule has 4 aromatic rings. The Labute approximate surface area is 262 Å². The van der Waals surface area contributed by atoms with E-state index >= 15 is 0 Å². The maximum atomic E-state index is 4.40. The van der Waals surface area contributed by atoms with Gasteiger partial charge in [0.05, 0.1) is 39.6 Å². The average Bonchev–Trinajstić information content (AvgIpc) is 3.40. The molecule has 4 rings (SSSR count). The van der Waals surface area contributed by atoms with Crippen LogP contribution in [0.15, 0.2) is 69.5 Å². The van der Waals surface area contributed by atoms with Crippen molar-refractivity contribution in [2.45, 2.75) is 20.3 Å². The SMILES string of the molecule is Cc1cc(/N=N/c2n(C)nc[n+]2C)ccc1N(C)CCCN(C)c1ccc(/N=N/c2n(C)nc[n+]2C)cc1C.[Br-].[Br-]. The lowest BCUT2D eigenvalue weighted by Crippen LogP contribution is -3.00. The smallest absolute Gasteiger partial charge is 0.403 e. The van der Waals surface area contributed by atoms with Crippen LogP contribution >= 0.6 is 0 Å². The zero-order chi connectivity index (χ0) is 28.1. The van der Waals surface area contributed by atoms with E-state index in [1.54, 1.807) is 22.0 Å². The molecule has 0 aliphatic carbocycles. The number of rotatable bonds is 10. The van der Waals surface area contributed by atoms with Crippen LogP contribution in [-0.4, -0.2) is 46.7 Å². The molecule has 0 saturated heterocycles. The molecule has 2 heterocycles. The summed E-state index contributed by atoms with van der Waals surface area (Å²) in [5.41, 5.74) is 6.34. The van der Waals surface area contributed by atoms with Crippen molar-refractivity contribution in [2.75, 3.05) is 37.0 Å². The fourth-order valence-corrected chi connectivity index (χ4v) is 4.49. The molecule has 0 aliphatic rings. The van der Waals surface area contributed by atoms with Crippen LogP contribution in [0.4, 0.5) is 34.6 Å². The van der Waals surface area contributed by atoms with E-state index in [0.717, 1.165) is 42.0 Å². The number of azo groups is 2. The van der Waals surface area contributed by atoms with E-state index in [2.05, 4.69) is 92.7 Å². The quantitative estimate of drug-likeness (QED) is 0.145. The van der Waals surface area contributed by atoms with Crippen LogP contribution in [0.25, 0.3) is 0 Å².